The van der Waals surface area contributed by atoms with Crippen molar-refractivity contribution in [3.63, 3.8) is 0 Å². The molecule has 19 heavy (non-hydrogen) atoms. The third-order valence-electron chi connectivity index (χ3n) is 3.00. The van der Waals surface area contributed by atoms with Gasteiger partial charge in [0.15, 0.2) is 9.84 Å². The van der Waals surface area contributed by atoms with Crippen molar-refractivity contribution in [2.24, 2.45) is 0 Å². The van der Waals surface area contributed by atoms with E-state index in [1.807, 2.05) is 6.92 Å². The Kier molecular flexibility index (Phi) is 5.25. The molecule has 2 N–H and O–H groups in total. The van der Waals surface area contributed by atoms with Gasteiger partial charge in [0.25, 0.3) is 5.56 Å². The summed E-state index contributed by atoms with van der Waals surface area (Å²) < 4.78 is 22.8. The maximum absolute atomic E-state index is 11.9. The average Bonchev–Trinajstić information content (AvgIpc) is 2.27. The van der Waals surface area contributed by atoms with E-state index in [9.17, 15) is 13.2 Å². The molecule has 0 radical (unpaired) electrons. The second-order valence-electron chi connectivity index (χ2n) is 4.56. The number of aromatic amines is 1. The highest BCUT2D eigenvalue weighted by atomic mass is 32.2. The van der Waals surface area contributed by atoms with Crippen LogP contribution in [0.15, 0.2) is 4.79 Å². The molecule has 0 amide bonds. The normalized spacial score (nSPS) is 13.5. The van der Waals surface area contributed by atoms with Gasteiger partial charge in [-0.05, 0) is 20.8 Å². The molecule has 0 saturated heterocycles. The van der Waals surface area contributed by atoms with Crippen LogP contribution in [-0.4, -0.2) is 36.4 Å². The summed E-state index contributed by atoms with van der Waals surface area (Å²) in [5.41, 5.74) is 1.04. The van der Waals surface area contributed by atoms with Gasteiger partial charge in [-0.25, -0.2) is 13.4 Å². The first-order valence-electron chi connectivity index (χ1n) is 6.28. The van der Waals surface area contributed by atoms with Gasteiger partial charge in [-0.15, -0.1) is 0 Å². The van der Waals surface area contributed by atoms with Crippen LogP contribution in [0, 0.1) is 13.8 Å². The third-order valence-corrected chi connectivity index (χ3v) is 4.71. The van der Waals surface area contributed by atoms with Crippen LogP contribution in [0.3, 0.4) is 0 Å². The van der Waals surface area contributed by atoms with E-state index in [2.05, 4.69) is 15.3 Å². The van der Waals surface area contributed by atoms with Gasteiger partial charge in [-0.1, -0.05) is 6.92 Å². The predicted octanol–water partition coefficient (Wildman–Crippen LogP) is 0.472. The topological polar surface area (TPSA) is 91.9 Å². The molecule has 6 nitrogen and oxygen atoms in total. The number of nitrogens with one attached hydrogen (secondary N) is 2. The Morgan fingerprint density at radius 2 is 2.00 bits per heavy atom. The molecule has 0 aliphatic heterocycles. The molecular formula is C12H21N3O3S. The molecule has 0 aliphatic carbocycles. The summed E-state index contributed by atoms with van der Waals surface area (Å²) in [6.45, 7) is 7.28. The van der Waals surface area contributed by atoms with Crippen molar-refractivity contribution in [2.75, 3.05) is 18.1 Å². The minimum atomic E-state index is -2.99. The minimum Gasteiger partial charge on any atom is -0.310 e. The fourth-order valence-corrected chi connectivity index (χ4v) is 2.64. The van der Waals surface area contributed by atoms with Crippen molar-refractivity contribution in [3.8, 4) is 0 Å². The van der Waals surface area contributed by atoms with Crippen molar-refractivity contribution in [3.05, 3.63) is 27.4 Å². The lowest BCUT2D eigenvalue weighted by molar-refractivity contribution is 0.566. The van der Waals surface area contributed by atoms with Gasteiger partial charge in [-0.2, -0.15) is 0 Å². The number of rotatable bonds is 6. The molecule has 0 aliphatic rings. The zero-order chi connectivity index (χ0) is 14.6. The van der Waals surface area contributed by atoms with Crippen LogP contribution in [0.4, 0.5) is 0 Å². The van der Waals surface area contributed by atoms with Gasteiger partial charge in [0.1, 0.15) is 5.82 Å². The van der Waals surface area contributed by atoms with Gasteiger partial charge in [0.2, 0.25) is 0 Å². The summed E-state index contributed by atoms with van der Waals surface area (Å²) >= 11 is 0. The number of sulfone groups is 1. The molecule has 0 fully saturated rings. The van der Waals surface area contributed by atoms with E-state index in [1.54, 1.807) is 20.8 Å². The van der Waals surface area contributed by atoms with Crippen molar-refractivity contribution in [1.82, 2.24) is 15.3 Å². The number of aromatic nitrogens is 2. The Morgan fingerprint density at radius 3 is 2.53 bits per heavy atom. The molecule has 1 aromatic heterocycles. The van der Waals surface area contributed by atoms with Crippen LogP contribution in [0.2, 0.25) is 0 Å². The van der Waals surface area contributed by atoms with Crippen molar-refractivity contribution >= 4 is 9.84 Å². The number of H-pyrrole nitrogens is 1. The molecule has 1 unspecified atom stereocenters. The Labute approximate surface area is 113 Å². The first kappa shape index (κ1) is 15.8. The highest BCUT2D eigenvalue weighted by molar-refractivity contribution is 7.91. The summed E-state index contributed by atoms with van der Waals surface area (Å²) in [6.07, 6.45) is 0. The fourth-order valence-electron chi connectivity index (χ4n) is 1.92. The molecule has 1 atom stereocenters. The largest absolute Gasteiger partial charge is 0.310 e. The molecule has 0 spiro atoms. The number of aryl methyl sites for hydroxylation is 2. The molecule has 0 bridgehead atoms. The lowest BCUT2D eigenvalue weighted by atomic mass is 10.1. The Morgan fingerprint density at radius 1 is 1.37 bits per heavy atom. The van der Waals surface area contributed by atoms with Gasteiger partial charge < -0.3 is 10.3 Å². The van der Waals surface area contributed by atoms with E-state index in [0.717, 1.165) is 0 Å². The predicted molar refractivity (Wildman–Crippen MR) is 75.1 cm³/mol. The third kappa shape index (κ3) is 4.43. The lowest BCUT2D eigenvalue weighted by Crippen LogP contribution is -2.31. The van der Waals surface area contributed by atoms with Crippen LogP contribution in [0.25, 0.3) is 0 Å². The second-order valence-corrected chi connectivity index (χ2v) is 7.04. The molecule has 1 aromatic rings. The highest BCUT2D eigenvalue weighted by Gasteiger charge is 2.15. The van der Waals surface area contributed by atoms with Crippen LogP contribution >= 0.6 is 0 Å². The van der Waals surface area contributed by atoms with Crippen LogP contribution in [-0.2, 0) is 9.84 Å². The van der Waals surface area contributed by atoms with E-state index >= 15 is 0 Å². The van der Waals surface area contributed by atoms with E-state index in [1.165, 1.54) is 0 Å². The monoisotopic (exact) mass is 287 g/mol. The number of nitrogens with zero attached hydrogens (tertiary/aromatic N) is 1. The van der Waals surface area contributed by atoms with Gasteiger partial charge in [0, 0.05) is 24.0 Å². The Bertz CT molecular complexity index is 593. The van der Waals surface area contributed by atoms with Crippen molar-refractivity contribution in [2.45, 2.75) is 33.7 Å². The van der Waals surface area contributed by atoms with E-state index < -0.39 is 9.84 Å². The SMILES string of the molecule is CCS(=O)(=O)CCNC(C)c1c(C)nc(C)[nH]c1=O. The minimum absolute atomic E-state index is 0.0735. The Balaban J connectivity index is 2.75. The summed E-state index contributed by atoms with van der Waals surface area (Å²) in [5, 5.41) is 3.05. The highest BCUT2D eigenvalue weighted by Crippen LogP contribution is 2.10. The summed E-state index contributed by atoms with van der Waals surface area (Å²) in [4.78, 5) is 18.7. The van der Waals surface area contributed by atoms with Crippen LogP contribution < -0.4 is 10.9 Å². The van der Waals surface area contributed by atoms with Gasteiger partial charge >= 0.3 is 0 Å². The summed E-state index contributed by atoms with van der Waals surface area (Å²) in [6, 6.07) is -0.232. The number of hydrogen-bond donors (Lipinski definition) is 2. The first-order valence-corrected chi connectivity index (χ1v) is 8.10. The molecule has 108 valence electrons. The van der Waals surface area contributed by atoms with Crippen LogP contribution in [0.5, 0.6) is 0 Å². The number of hydrogen-bond acceptors (Lipinski definition) is 5. The Hall–Kier alpha value is -1.21. The second kappa shape index (κ2) is 6.29. The zero-order valence-corrected chi connectivity index (χ0v) is 12.6. The maximum atomic E-state index is 11.9. The quantitative estimate of drug-likeness (QED) is 0.793. The summed E-state index contributed by atoms with van der Waals surface area (Å²) in [7, 11) is -2.99. The average molecular weight is 287 g/mol. The lowest BCUT2D eigenvalue weighted by Gasteiger charge is -2.15. The van der Waals surface area contributed by atoms with E-state index in [4.69, 9.17) is 0 Å². The van der Waals surface area contributed by atoms with Crippen molar-refractivity contribution < 1.29 is 8.42 Å². The van der Waals surface area contributed by atoms with Gasteiger partial charge in [-0.3, -0.25) is 4.79 Å². The first-order chi connectivity index (χ1) is 8.76. The standard InChI is InChI=1S/C12H21N3O3S/c1-5-19(17,18)7-6-13-8(2)11-9(3)14-10(4)15-12(11)16/h8,13H,5-7H2,1-4H3,(H,14,15,16). The molecule has 1 heterocycles. The van der Waals surface area contributed by atoms with Crippen LogP contribution in [0.1, 0.15) is 37.0 Å². The fraction of sp³-hybridized carbons (Fsp3) is 0.667. The van der Waals surface area contributed by atoms with Crippen molar-refractivity contribution in [1.29, 1.82) is 0 Å². The zero-order valence-electron chi connectivity index (χ0n) is 11.8. The summed E-state index contributed by atoms with van der Waals surface area (Å²) in [5.74, 6) is 0.783. The van der Waals surface area contributed by atoms with Gasteiger partial charge in [0.05, 0.1) is 11.3 Å². The smallest absolute Gasteiger partial charge is 0.255 e. The molecule has 0 aromatic carbocycles. The molecule has 1 rings (SSSR count). The maximum Gasteiger partial charge on any atom is 0.255 e. The molecule has 7 heteroatoms. The van der Waals surface area contributed by atoms with E-state index in [0.29, 0.717) is 23.6 Å². The molecular weight excluding hydrogens is 266 g/mol. The molecule has 0 saturated carbocycles. The van der Waals surface area contributed by atoms with E-state index in [-0.39, 0.29) is 23.1 Å².